The maximum absolute atomic E-state index is 11.6. The summed E-state index contributed by atoms with van der Waals surface area (Å²) in [6.07, 6.45) is 0.618. The molecule has 0 aliphatic rings. The van der Waals surface area contributed by atoms with Crippen molar-refractivity contribution in [2.75, 3.05) is 18.5 Å². The number of H-pyrrole nitrogens is 1. The molecule has 0 amide bonds. The molecule has 0 spiro atoms. The van der Waals surface area contributed by atoms with E-state index in [1.54, 1.807) is 18.2 Å². The van der Waals surface area contributed by atoms with Crippen molar-refractivity contribution in [3.63, 3.8) is 0 Å². The summed E-state index contributed by atoms with van der Waals surface area (Å²) in [6.45, 7) is -0.104. The number of pyridine rings is 1. The van der Waals surface area contributed by atoms with Crippen LogP contribution in [0.3, 0.4) is 0 Å². The van der Waals surface area contributed by atoms with E-state index in [1.165, 1.54) is 6.20 Å². The third kappa shape index (κ3) is 2.64. The van der Waals surface area contributed by atoms with Crippen LogP contribution < -0.4 is 10.9 Å². The number of benzene rings is 1. The van der Waals surface area contributed by atoms with Crippen molar-refractivity contribution in [3.05, 3.63) is 39.8 Å². The Morgan fingerprint density at radius 2 is 2.17 bits per heavy atom. The minimum absolute atomic E-state index is 0.209. The van der Waals surface area contributed by atoms with Gasteiger partial charge in [-0.2, -0.15) is 0 Å². The maximum Gasteiger partial charge on any atom is 0.255 e. The van der Waals surface area contributed by atoms with Gasteiger partial charge >= 0.3 is 0 Å². The van der Waals surface area contributed by atoms with Gasteiger partial charge in [-0.15, -0.1) is 0 Å². The van der Waals surface area contributed by atoms with Crippen LogP contribution in [-0.2, 0) is 0 Å². The Kier molecular flexibility index (Phi) is 3.86. The van der Waals surface area contributed by atoms with E-state index in [0.29, 0.717) is 21.5 Å². The summed E-state index contributed by atoms with van der Waals surface area (Å²) >= 11 is 5.97. The Hall–Kier alpha value is -1.56. The molecule has 96 valence electrons. The fourth-order valence-corrected chi connectivity index (χ4v) is 1.85. The summed E-state index contributed by atoms with van der Waals surface area (Å²) in [4.78, 5) is 14.2. The first-order chi connectivity index (χ1) is 8.61. The predicted molar refractivity (Wildman–Crippen MR) is 71.2 cm³/mol. The number of nitrogens with one attached hydrogen (secondary N) is 2. The van der Waals surface area contributed by atoms with E-state index in [-0.39, 0.29) is 18.7 Å². The second-order valence-electron chi connectivity index (χ2n) is 3.94. The molecule has 1 aromatic carbocycles. The summed E-state index contributed by atoms with van der Waals surface area (Å²) in [6, 6.07) is 5.16. The number of rotatable bonds is 4. The van der Waals surface area contributed by atoms with E-state index in [4.69, 9.17) is 16.7 Å². The molecule has 0 fully saturated rings. The number of anilines is 1. The number of aliphatic hydroxyl groups excluding tert-OH is 2. The molecule has 0 aliphatic carbocycles. The summed E-state index contributed by atoms with van der Waals surface area (Å²) < 4.78 is 0. The van der Waals surface area contributed by atoms with Crippen molar-refractivity contribution in [3.8, 4) is 0 Å². The predicted octanol–water partition coefficient (Wildman–Crippen LogP) is 0.947. The lowest BCUT2D eigenvalue weighted by molar-refractivity contribution is 0.105. The minimum atomic E-state index is -0.835. The Morgan fingerprint density at radius 3 is 2.89 bits per heavy atom. The highest BCUT2D eigenvalue weighted by atomic mass is 35.5. The lowest BCUT2D eigenvalue weighted by Crippen LogP contribution is -2.23. The number of aromatic nitrogens is 1. The van der Waals surface area contributed by atoms with Crippen LogP contribution >= 0.6 is 11.6 Å². The van der Waals surface area contributed by atoms with E-state index >= 15 is 0 Å². The van der Waals surface area contributed by atoms with Crippen molar-refractivity contribution >= 4 is 28.1 Å². The standard InChI is InChI=1S/C12H13ClN2O3/c13-11-5-15-12(18)10-3-7(1-2-9(10)11)14-4-8(17)6-16/h1-3,5,8,14,16-17H,4,6H2,(H,15,18). The van der Waals surface area contributed by atoms with Gasteiger partial charge in [0.15, 0.2) is 0 Å². The SMILES string of the molecule is O=c1[nH]cc(Cl)c2ccc(NCC(O)CO)cc12. The van der Waals surface area contributed by atoms with Gasteiger partial charge in [0.2, 0.25) is 0 Å². The van der Waals surface area contributed by atoms with E-state index in [2.05, 4.69) is 10.3 Å². The zero-order valence-electron chi connectivity index (χ0n) is 9.48. The quantitative estimate of drug-likeness (QED) is 0.665. The van der Waals surface area contributed by atoms with Crippen LogP contribution in [0.5, 0.6) is 0 Å². The highest BCUT2D eigenvalue weighted by Gasteiger charge is 2.05. The van der Waals surface area contributed by atoms with Crippen LogP contribution in [0.2, 0.25) is 5.02 Å². The Morgan fingerprint density at radius 1 is 1.39 bits per heavy atom. The van der Waals surface area contributed by atoms with Crippen molar-refractivity contribution in [2.45, 2.75) is 6.10 Å². The van der Waals surface area contributed by atoms with Crippen LogP contribution in [0.1, 0.15) is 0 Å². The number of halogens is 1. The molecular weight excluding hydrogens is 256 g/mol. The van der Waals surface area contributed by atoms with Crippen LogP contribution in [-0.4, -0.2) is 34.5 Å². The van der Waals surface area contributed by atoms with Crippen LogP contribution in [0, 0.1) is 0 Å². The van der Waals surface area contributed by atoms with Crippen LogP contribution in [0.15, 0.2) is 29.2 Å². The Labute approximate surface area is 108 Å². The molecule has 0 saturated carbocycles. The fraction of sp³-hybridized carbons (Fsp3) is 0.250. The van der Waals surface area contributed by atoms with Gasteiger partial charge in [0.25, 0.3) is 5.56 Å². The number of hydrogen-bond acceptors (Lipinski definition) is 4. The average molecular weight is 269 g/mol. The lowest BCUT2D eigenvalue weighted by atomic mass is 10.1. The Bertz CT molecular complexity index is 612. The minimum Gasteiger partial charge on any atom is -0.394 e. The molecule has 0 saturated heterocycles. The van der Waals surface area contributed by atoms with Gasteiger partial charge < -0.3 is 20.5 Å². The van der Waals surface area contributed by atoms with Gasteiger partial charge in [-0.25, -0.2) is 0 Å². The molecule has 18 heavy (non-hydrogen) atoms. The van der Waals surface area contributed by atoms with Gasteiger partial charge in [0.1, 0.15) is 0 Å². The zero-order valence-corrected chi connectivity index (χ0v) is 10.2. The first-order valence-corrected chi connectivity index (χ1v) is 5.83. The molecule has 0 aliphatic heterocycles. The molecule has 2 rings (SSSR count). The van der Waals surface area contributed by atoms with E-state index in [0.717, 1.165) is 0 Å². The fourth-order valence-electron chi connectivity index (χ4n) is 1.63. The maximum atomic E-state index is 11.6. The monoisotopic (exact) mass is 268 g/mol. The number of fused-ring (bicyclic) bond motifs is 1. The topological polar surface area (TPSA) is 85.4 Å². The molecule has 1 aromatic heterocycles. The van der Waals surface area contributed by atoms with Gasteiger partial charge in [0, 0.05) is 23.8 Å². The molecule has 1 unspecified atom stereocenters. The molecule has 5 nitrogen and oxygen atoms in total. The van der Waals surface area contributed by atoms with Gasteiger partial charge in [-0.05, 0) is 12.1 Å². The van der Waals surface area contributed by atoms with Crippen molar-refractivity contribution in [1.82, 2.24) is 4.98 Å². The zero-order chi connectivity index (χ0) is 13.1. The van der Waals surface area contributed by atoms with Crippen LogP contribution in [0.4, 0.5) is 5.69 Å². The van der Waals surface area contributed by atoms with Crippen molar-refractivity contribution < 1.29 is 10.2 Å². The number of aromatic amines is 1. The summed E-state index contributed by atoms with van der Waals surface area (Å²) in [5.74, 6) is 0. The average Bonchev–Trinajstić information content (AvgIpc) is 2.40. The van der Waals surface area contributed by atoms with E-state index < -0.39 is 6.10 Å². The molecule has 1 heterocycles. The molecule has 2 aromatic rings. The second kappa shape index (κ2) is 5.39. The largest absolute Gasteiger partial charge is 0.394 e. The molecule has 6 heteroatoms. The van der Waals surface area contributed by atoms with Gasteiger partial charge in [-0.1, -0.05) is 17.7 Å². The van der Waals surface area contributed by atoms with E-state index in [1.807, 2.05) is 0 Å². The molecular formula is C12H13ClN2O3. The molecule has 4 N–H and O–H groups in total. The van der Waals surface area contributed by atoms with E-state index in [9.17, 15) is 9.90 Å². The third-order valence-electron chi connectivity index (χ3n) is 2.60. The first kappa shape index (κ1) is 12.9. The van der Waals surface area contributed by atoms with Gasteiger partial charge in [0.05, 0.1) is 23.1 Å². The molecule has 0 radical (unpaired) electrons. The molecule has 0 bridgehead atoms. The van der Waals surface area contributed by atoms with Crippen LogP contribution in [0.25, 0.3) is 10.8 Å². The normalized spacial score (nSPS) is 12.6. The smallest absolute Gasteiger partial charge is 0.255 e. The summed E-state index contributed by atoms with van der Waals surface area (Å²) in [5, 5.41) is 22.5. The second-order valence-corrected chi connectivity index (χ2v) is 4.35. The van der Waals surface area contributed by atoms with Crippen molar-refractivity contribution in [2.24, 2.45) is 0 Å². The number of aliphatic hydroxyl groups is 2. The lowest BCUT2D eigenvalue weighted by Gasteiger charge is -2.10. The van der Waals surface area contributed by atoms with Gasteiger partial charge in [-0.3, -0.25) is 4.79 Å². The highest BCUT2D eigenvalue weighted by Crippen LogP contribution is 2.22. The van der Waals surface area contributed by atoms with Crippen molar-refractivity contribution in [1.29, 1.82) is 0 Å². The Balaban J connectivity index is 2.33. The number of hydrogen-bond donors (Lipinski definition) is 4. The highest BCUT2D eigenvalue weighted by molar-refractivity contribution is 6.35. The summed E-state index contributed by atoms with van der Waals surface area (Å²) in [5.41, 5.74) is 0.462. The first-order valence-electron chi connectivity index (χ1n) is 5.45. The summed E-state index contributed by atoms with van der Waals surface area (Å²) in [7, 11) is 0. The third-order valence-corrected chi connectivity index (χ3v) is 2.92. The molecule has 1 atom stereocenters.